The first-order valence-corrected chi connectivity index (χ1v) is 7.18. The molecule has 1 aromatic rings. The van der Waals surface area contributed by atoms with Gasteiger partial charge in [-0.05, 0) is 25.2 Å². The maximum absolute atomic E-state index is 9.87. The molecule has 6 heteroatoms. The van der Waals surface area contributed by atoms with Gasteiger partial charge in [-0.25, -0.2) is 0 Å². The lowest BCUT2D eigenvalue weighted by Crippen LogP contribution is -2.33. The lowest BCUT2D eigenvalue weighted by Gasteiger charge is -2.27. The van der Waals surface area contributed by atoms with Crippen LogP contribution in [0.25, 0.3) is 0 Å². The van der Waals surface area contributed by atoms with Gasteiger partial charge in [0, 0.05) is 32.4 Å². The van der Waals surface area contributed by atoms with Crippen LogP contribution in [0.3, 0.4) is 0 Å². The maximum Gasteiger partial charge on any atom is 0.0964 e. The molecule has 1 aliphatic rings. The second-order valence-electron chi connectivity index (χ2n) is 5.29. The van der Waals surface area contributed by atoms with Crippen LogP contribution in [-0.4, -0.2) is 44.5 Å². The van der Waals surface area contributed by atoms with Crippen molar-refractivity contribution in [1.82, 2.24) is 20.3 Å². The first-order chi connectivity index (χ1) is 9.29. The van der Waals surface area contributed by atoms with Gasteiger partial charge in [-0.3, -0.25) is 4.68 Å². The van der Waals surface area contributed by atoms with Crippen LogP contribution in [0.15, 0.2) is 6.20 Å². The van der Waals surface area contributed by atoms with Crippen molar-refractivity contribution < 1.29 is 10.2 Å². The number of aryl methyl sites for hydroxylation is 1. The molecule has 1 aliphatic carbocycles. The Kier molecular flexibility index (Phi) is 5.75. The fourth-order valence-electron chi connectivity index (χ4n) is 2.57. The summed E-state index contributed by atoms with van der Waals surface area (Å²) in [4.78, 5) is 0. The van der Waals surface area contributed by atoms with Crippen LogP contribution in [0.1, 0.15) is 37.8 Å². The lowest BCUT2D eigenvalue weighted by molar-refractivity contribution is 0.0694. The molecule has 6 nitrogen and oxygen atoms in total. The minimum Gasteiger partial charge on any atom is -0.396 e. The zero-order chi connectivity index (χ0) is 13.5. The highest BCUT2D eigenvalue weighted by Gasteiger charge is 2.22. The fraction of sp³-hybridized carbons (Fsp3) is 0.846. The molecule has 1 heterocycles. The molecule has 1 saturated carbocycles. The smallest absolute Gasteiger partial charge is 0.0964 e. The highest BCUT2D eigenvalue weighted by Crippen LogP contribution is 2.23. The van der Waals surface area contributed by atoms with Gasteiger partial charge in [0.25, 0.3) is 0 Å². The van der Waals surface area contributed by atoms with E-state index < -0.39 is 0 Å². The molecule has 2 atom stereocenters. The number of nitrogens with zero attached hydrogens (tertiary/aromatic N) is 3. The van der Waals surface area contributed by atoms with Gasteiger partial charge >= 0.3 is 0 Å². The maximum atomic E-state index is 9.87. The third-order valence-electron chi connectivity index (χ3n) is 3.71. The predicted octanol–water partition coefficient (Wildman–Crippen LogP) is 0.301. The molecule has 2 unspecified atom stereocenters. The largest absolute Gasteiger partial charge is 0.396 e. The van der Waals surface area contributed by atoms with E-state index in [1.807, 2.05) is 6.20 Å². The summed E-state index contributed by atoms with van der Waals surface area (Å²) in [7, 11) is 0. The van der Waals surface area contributed by atoms with Crippen molar-refractivity contribution in [2.45, 2.75) is 51.3 Å². The van der Waals surface area contributed by atoms with E-state index in [0.717, 1.165) is 31.5 Å². The number of nitrogens with one attached hydrogen (secondary N) is 1. The number of hydrogen-bond donors (Lipinski definition) is 3. The highest BCUT2D eigenvalue weighted by molar-refractivity contribution is 4.91. The van der Waals surface area contributed by atoms with Crippen molar-refractivity contribution in [3.05, 3.63) is 11.9 Å². The summed E-state index contributed by atoms with van der Waals surface area (Å²) in [5, 5.41) is 30.0. The van der Waals surface area contributed by atoms with E-state index in [4.69, 9.17) is 5.11 Å². The van der Waals surface area contributed by atoms with Crippen LogP contribution >= 0.6 is 0 Å². The molecule has 0 aromatic carbocycles. The Balaban J connectivity index is 1.68. The van der Waals surface area contributed by atoms with Gasteiger partial charge in [0.05, 0.1) is 11.8 Å². The standard InChI is InChI=1S/C13H24N4O2/c18-7-3-6-17-10-12(15-16-17)9-14-8-11-4-1-2-5-13(11)19/h10-11,13-14,18-19H,1-9H2. The van der Waals surface area contributed by atoms with Crippen LogP contribution < -0.4 is 5.32 Å². The Hall–Kier alpha value is -0.980. The van der Waals surface area contributed by atoms with E-state index in [0.29, 0.717) is 25.4 Å². The van der Waals surface area contributed by atoms with Gasteiger partial charge in [-0.1, -0.05) is 18.1 Å². The number of rotatable bonds is 7. The van der Waals surface area contributed by atoms with Gasteiger partial charge in [-0.15, -0.1) is 5.10 Å². The van der Waals surface area contributed by atoms with Crippen LogP contribution in [0.5, 0.6) is 0 Å². The SMILES string of the molecule is OCCCn1cc(CNCC2CCCCC2O)nn1. The summed E-state index contributed by atoms with van der Waals surface area (Å²) >= 11 is 0. The first kappa shape index (κ1) is 14.4. The van der Waals surface area contributed by atoms with Gasteiger partial charge in [0.15, 0.2) is 0 Å². The third-order valence-corrected chi connectivity index (χ3v) is 3.71. The van der Waals surface area contributed by atoms with Crippen molar-refractivity contribution in [3.63, 3.8) is 0 Å². The number of aromatic nitrogens is 3. The molecule has 1 aromatic heterocycles. The molecule has 2 rings (SSSR count). The molecule has 19 heavy (non-hydrogen) atoms. The van der Waals surface area contributed by atoms with E-state index in [9.17, 15) is 5.11 Å². The normalized spacial score (nSPS) is 23.7. The van der Waals surface area contributed by atoms with E-state index in [1.165, 1.54) is 6.42 Å². The molecule has 0 aliphatic heterocycles. The molecule has 108 valence electrons. The minimum atomic E-state index is -0.151. The van der Waals surface area contributed by atoms with E-state index in [1.54, 1.807) is 4.68 Å². The van der Waals surface area contributed by atoms with Gasteiger partial charge in [-0.2, -0.15) is 0 Å². The van der Waals surface area contributed by atoms with Crippen molar-refractivity contribution in [1.29, 1.82) is 0 Å². The lowest BCUT2D eigenvalue weighted by atomic mass is 9.86. The first-order valence-electron chi connectivity index (χ1n) is 7.18. The topological polar surface area (TPSA) is 83.2 Å². The number of hydrogen-bond acceptors (Lipinski definition) is 5. The van der Waals surface area contributed by atoms with Crippen molar-refractivity contribution in [2.75, 3.05) is 13.2 Å². The Bertz CT molecular complexity index is 369. The summed E-state index contributed by atoms with van der Waals surface area (Å²) < 4.78 is 1.75. The fourth-order valence-corrected chi connectivity index (χ4v) is 2.57. The minimum absolute atomic E-state index is 0.151. The third kappa shape index (κ3) is 4.56. The highest BCUT2D eigenvalue weighted by atomic mass is 16.3. The number of aliphatic hydroxyl groups excluding tert-OH is 2. The van der Waals surface area contributed by atoms with E-state index in [-0.39, 0.29) is 12.7 Å². The molecule has 0 bridgehead atoms. The van der Waals surface area contributed by atoms with Crippen molar-refractivity contribution >= 4 is 0 Å². The molecular formula is C13H24N4O2. The van der Waals surface area contributed by atoms with Crippen LogP contribution in [0.4, 0.5) is 0 Å². The molecule has 0 radical (unpaired) electrons. The van der Waals surface area contributed by atoms with Gasteiger partial charge in [0.1, 0.15) is 0 Å². The Morgan fingerprint density at radius 1 is 1.37 bits per heavy atom. The average Bonchev–Trinajstić information content (AvgIpc) is 2.86. The molecule has 3 N–H and O–H groups in total. The van der Waals surface area contributed by atoms with Gasteiger partial charge in [0.2, 0.25) is 0 Å². The Labute approximate surface area is 113 Å². The Morgan fingerprint density at radius 2 is 2.21 bits per heavy atom. The Morgan fingerprint density at radius 3 is 3.00 bits per heavy atom. The predicted molar refractivity (Wildman–Crippen MR) is 71.4 cm³/mol. The van der Waals surface area contributed by atoms with E-state index in [2.05, 4.69) is 15.6 Å². The van der Waals surface area contributed by atoms with E-state index >= 15 is 0 Å². The molecule has 0 amide bonds. The quantitative estimate of drug-likeness (QED) is 0.662. The zero-order valence-corrected chi connectivity index (χ0v) is 11.3. The van der Waals surface area contributed by atoms with Crippen LogP contribution in [-0.2, 0) is 13.1 Å². The molecule has 0 spiro atoms. The molecule has 0 saturated heterocycles. The van der Waals surface area contributed by atoms with Crippen LogP contribution in [0, 0.1) is 5.92 Å². The second kappa shape index (κ2) is 7.57. The summed E-state index contributed by atoms with van der Waals surface area (Å²) in [5.41, 5.74) is 0.906. The summed E-state index contributed by atoms with van der Waals surface area (Å²) in [6.45, 7) is 2.39. The van der Waals surface area contributed by atoms with Crippen molar-refractivity contribution in [3.8, 4) is 0 Å². The summed E-state index contributed by atoms with van der Waals surface area (Å²) in [6, 6.07) is 0. The summed E-state index contributed by atoms with van der Waals surface area (Å²) in [5.74, 6) is 0.373. The summed E-state index contributed by atoms with van der Waals surface area (Å²) in [6.07, 6.45) is 6.87. The van der Waals surface area contributed by atoms with Crippen LogP contribution in [0.2, 0.25) is 0 Å². The van der Waals surface area contributed by atoms with Gasteiger partial charge < -0.3 is 15.5 Å². The van der Waals surface area contributed by atoms with Crippen molar-refractivity contribution in [2.24, 2.45) is 5.92 Å². The molecule has 1 fully saturated rings. The second-order valence-corrected chi connectivity index (χ2v) is 5.29. The average molecular weight is 268 g/mol. The zero-order valence-electron chi connectivity index (χ0n) is 11.3. The molecular weight excluding hydrogens is 244 g/mol. The number of aliphatic hydroxyl groups is 2. The monoisotopic (exact) mass is 268 g/mol.